The number of esters is 1. The van der Waals surface area contributed by atoms with Crippen LogP contribution in [0, 0.1) is 0 Å². The molecule has 0 radical (unpaired) electrons. The summed E-state index contributed by atoms with van der Waals surface area (Å²) in [7, 11) is -2.53. The van der Waals surface area contributed by atoms with Gasteiger partial charge < -0.3 is 10.1 Å². The second kappa shape index (κ2) is 11.2. The smallest absolute Gasteiger partial charge is 0.406 e. The monoisotopic (exact) mass is 400 g/mol. The average molecular weight is 400 g/mol. The van der Waals surface area contributed by atoms with Gasteiger partial charge in [0.1, 0.15) is 12.6 Å². The lowest BCUT2D eigenvalue weighted by Crippen LogP contribution is -2.46. The first kappa shape index (κ1) is 23.3. The number of ether oxygens (including phenoxy) is 1. The highest BCUT2D eigenvalue weighted by atomic mass is 31.2. The van der Waals surface area contributed by atoms with Crippen LogP contribution in [0.3, 0.4) is 0 Å². The predicted octanol–water partition coefficient (Wildman–Crippen LogP) is 2.43. The summed E-state index contributed by atoms with van der Waals surface area (Å²) in [6.45, 7) is 6.61. The number of nitrogens with one attached hydrogen (secondary N) is 2. The number of hydrogen-bond donors (Lipinski definition) is 2. The van der Waals surface area contributed by atoms with E-state index in [9.17, 15) is 14.2 Å². The van der Waals surface area contributed by atoms with Crippen LogP contribution in [-0.2, 0) is 34.4 Å². The minimum atomic E-state index is -3.76. The normalized spacial score (nSPS) is 12.9. The van der Waals surface area contributed by atoms with Crippen molar-refractivity contribution in [3.8, 4) is 0 Å². The Hall–Kier alpha value is -1.73. The zero-order valence-electron chi connectivity index (χ0n) is 16.4. The third-order valence-corrected chi connectivity index (χ3v) is 5.27. The Morgan fingerprint density at radius 2 is 1.59 bits per heavy atom. The number of benzene rings is 1. The molecule has 0 heterocycles. The van der Waals surface area contributed by atoms with E-state index in [0.717, 1.165) is 5.56 Å². The zero-order valence-corrected chi connectivity index (χ0v) is 17.3. The Labute approximate surface area is 160 Å². The van der Waals surface area contributed by atoms with E-state index in [0.29, 0.717) is 0 Å². The molecule has 1 aromatic carbocycles. The Balaban J connectivity index is 3.01. The van der Waals surface area contributed by atoms with Gasteiger partial charge in [-0.1, -0.05) is 30.3 Å². The van der Waals surface area contributed by atoms with Gasteiger partial charge >= 0.3 is 13.7 Å². The fourth-order valence-electron chi connectivity index (χ4n) is 2.23. The van der Waals surface area contributed by atoms with Crippen molar-refractivity contribution in [1.29, 1.82) is 0 Å². The lowest BCUT2D eigenvalue weighted by molar-refractivity contribution is -0.141. The molecule has 0 aliphatic carbocycles. The SMILES string of the molecule is COC(=O)CNC(=O)[C@H](Cc1ccccc1)NP(=O)(OC(C)C)OC(C)C. The fraction of sp³-hybridized carbons (Fsp3) is 0.556. The summed E-state index contributed by atoms with van der Waals surface area (Å²) in [6.07, 6.45) is -0.518. The molecule has 1 rings (SSSR count). The van der Waals surface area contributed by atoms with Gasteiger partial charge in [0.15, 0.2) is 0 Å². The van der Waals surface area contributed by atoms with Gasteiger partial charge in [0, 0.05) is 0 Å². The molecular formula is C18H29N2O6P. The molecule has 9 heteroatoms. The number of methoxy groups -OCH3 is 1. The summed E-state index contributed by atoms with van der Waals surface area (Å²) in [5, 5.41) is 5.20. The van der Waals surface area contributed by atoms with E-state index in [1.165, 1.54) is 7.11 Å². The van der Waals surface area contributed by atoms with E-state index in [4.69, 9.17) is 9.05 Å². The molecule has 0 aliphatic rings. The minimum absolute atomic E-state index is 0.237. The second-order valence-corrected chi connectivity index (χ2v) is 8.15. The third kappa shape index (κ3) is 9.15. The molecule has 0 fully saturated rings. The second-order valence-electron chi connectivity index (χ2n) is 6.47. The number of amides is 1. The van der Waals surface area contributed by atoms with Gasteiger partial charge in [0.05, 0.1) is 19.3 Å². The number of hydrogen-bond acceptors (Lipinski definition) is 6. The standard InChI is InChI=1S/C18H29N2O6P/c1-13(2)25-27(23,26-14(3)4)20-16(11-15-9-7-6-8-10-15)18(22)19-12-17(21)24-5/h6-10,13-14,16H,11-12H2,1-5H3,(H,19,22)(H,20,23)/t16-/m0/s1. The maximum atomic E-state index is 13.1. The predicted molar refractivity (Wildman–Crippen MR) is 102 cm³/mol. The topological polar surface area (TPSA) is 103 Å². The van der Waals surface area contributed by atoms with Gasteiger partial charge in [-0.3, -0.25) is 18.6 Å². The van der Waals surface area contributed by atoms with Gasteiger partial charge in [0.2, 0.25) is 5.91 Å². The maximum Gasteiger partial charge on any atom is 0.406 e. The summed E-state index contributed by atoms with van der Waals surface area (Å²) in [6, 6.07) is 8.30. The minimum Gasteiger partial charge on any atom is -0.468 e. The molecule has 0 saturated heterocycles. The van der Waals surface area contributed by atoms with Crippen molar-refractivity contribution < 1.29 is 27.9 Å². The van der Waals surface area contributed by atoms with E-state index < -0.39 is 25.7 Å². The molecule has 1 amide bonds. The van der Waals surface area contributed by atoms with Crippen LogP contribution in [0.2, 0.25) is 0 Å². The van der Waals surface area contributed by atoms with Crippen LogP contribution in [-0.4, -0.2) is 43.8 Å². The molecule has 2 N–H and O–H groups in total. The number of carbonyl (C=O) groups excluding carboxylic acids is 2. The van der Waals surface area contributed by atoms with Gasteiger partial charge in [0.25, 0.3) is 0 Å². The lowest BCUT2D eigenvalue weighted by atomic mass is 10.1. The van der Waals surface area contributed by atoms with Crippen molar-refractivity contribution in [2.24, 2.45) is 0 Å². The van der Waals surface area contributed by atoms with Crippen LogP contribution in [0.4, 0.5) is 0 Å². The Bertz CT molecular complexity index is 637. The highest BCUT2D eigenvalue weighted by Crippen LogP contribution is 2.47. The average Bonchev–Trinajstić information content (AvgIpc) is 2.58. The van der Waals surface area contributed by atoms with Crippen LogP contribution in [0.25, 0.3) is 0 Å². The van der Waals surface area contributed by atoms with Crippen molar-refractivity contribution in [3.63, 3.8) is 0 Å². The summed E-state index contributed by atoms with van der Waals surface area (Å²) in [5.74, 6) is -1.09. The molecule has 0 bridgehead atoms. The number of carbonyl (C=O) groups is 2. The molecule has 1 atom stereocenters. The Kier molecular flexibility index (Phi) is 9.66. The van der Waals surface area contributed by atoms with Crippen molar-refractivity contribution in [2.75, 3.05) is 13.7 Å². The van der Waals surface area contributed by atoms with E-state index in [1.54, 1.807) is 27.7 Å². The fourth-order valence-corrected chi connectivity index (χ4v) is 4.10. The highest BCUT2D eigenvalue weighted by molar-refractivity contribution is 7.51. The van der Waals surface area contributed by atoms with E-state index in [-0.39, 0.29) is 25.2 Å². The molecule has 27 heavy (non-hydrogen) atoms. The maximum absolute atomic E-state index is 13.1. The van der Waals surface area contributed by atoms with Crippen molar-refractivity contribution in [2.45, 2.75) is 52.4 Å². The molecule has 0 aliphatic heterocycles. The molecule has 8 nitrogen and oxygen atoms in total. The molecule has 1 aromatic rings. The summed E-state index contributed by atoms with van der Waals surface area (Å²) in [5.41, 5.74) is 0.851. The summed E-state index contributed by atoms with van der Waals surface area (Å²) < 4.78 is 28.6. The van der Waals surface area contributed by atoms with Crippen molar-refractivity contribution in [1.82, 2.24) is 10.4 Å². The number of rotatable bonds is 11. The zero-order chi connectivity index (χ0) is 20.4. The Morgan fingerprint density at radius 1 is 1.04 bits per heavy atom. The van der Waals surface area contributed by atoms with E-state index >= 15 is 0 Å². The van der Waals surface area contributed by atoms with Crippen LogP contribution in [0.1, 0.15) is 33.3 Å². The third-order valence-electron chi connectivity index (χ3n) is 3.25. The van der Waals surface area contributed by atoms with Crippen molar-refractivity contribution >= 4 is 19.6 Å². The quantitative estimate of drug-likeness (QED) is 0.434. The summed E-state index contributed by atoms with van der Waals surface area (Å²) >= 11 is 0. The van der Waals surface area contributed by atoms with E-state index in [2.05, 4.69) is 15.1 Å². The van der Waals surface area contributed by atoms with Crippen LogP contribution in [0.15, 0.2) is 30.3 Å². The van der Waals surface area contributed by atoms with Gasteiger partial charge in [-0.05, 0) is 39.7 Å². The Morgan fingerprint density at radius 3 is 2.07 bits per heavy atom. The first-order valence-electron chi connectivity index (χ1n) is 8.78. The molecule has 152 valence electrons. The molecule has 0 spiro atoms. The molecule has 0 saturated carbocycles. The first-order chi connectivity index (χ1) is 12.6. The molecule has 0 unspecified atom stereocenters. The molecular weight excluding hydrogens is 371 g/mol. The van der Waals surface area contributed by atoms with Crippen LogP contribution >= 0.6 is 7.75 Å². The highest BCUT2D eigenvalue weighted by Gasteiger charge is 2.34. The first-order valence-corrected chi connectivity index (χ1v) is 10.3. The van der Waals surface area contributed by atoms with Crippen molar-refractivity contribution in [3.05, 3.63) is 35.9 Å². The summed E-state index contributed by atoms with van der Waals surface area (Å²) in [4.78, 5) is 23.9. The van der Waals surface area contributed by atoms with E-state index in [1.807, 2.05) is 30.3 Å². The van der Waals surface area contributed by atoms with Gasteiger partial charge in [-0.25, -0.2) is 9.65 Å². The largest absolute Gasteiger partial charge is 0.468 e. The molecule has 0 aromatic heterocycles. The van der Waals surface area contributed by atoms with Crippen LogP contribution in [0.5, 0.6) is 0 Å². The van der Waals surface area contributed by atoms with Gasteiger partial charge in [-0.2, -0.15) is 0 Å². The van der Waals surface area contributed by atoms with Gasteiger partial charge in [-0.15, -0.1) is 0 Å². The van der Waals surface area contributed by atoms with Crippen LogP contribution < -0.4 is 10.4 Å². The lowest BCUT2D eigenvalue weighted by Gasteiger charge is -2.27.